The van der Waals surface area contributed by atoms with Crippen LogP contribution in [-0.2, 0) is 11.3 Å². The average Bonchev–Trinajstić information content (AvgIpc) is 3.18. The molecule has 1 amide bonds. The molecule has 0 saturated heterocycles. The van der Waals surface area contributed by atoms with Crippen LogP contribution in [0.25, 0.3) is 6.08 Å². The van der Waals surface area contributed by atoms with Crippen LogP contribution in [0.1, 0.15) is 18.1 Å². The van der Waals surface area contributed by atoms with Gasteiger partial charge in [0.2, 0.25) is 11.1 Å². The van der Waals surface area contributed by atoms with Crippen LogP contribution in [0.5, 0.6) is 5.75 Å². The minimum atomic E-state index is -0.136. The molecular weight excluding hydrogens is 426 g/mol. The molecule has 0 saturated carbocycles. The van der Waals surface area contributed by atoms with Crippen LogP contribution in [0.2, 0.25) is 0 Å². The second-order valence-corrected chi connectivity index (χ2v) is 7.64. The Bertz CT molecular complexity index is 1080. The number of nitrogens with zero attached hydrogens (tertiary/aromatic N) is 4. The van der Waals surface area contributed by atoms with Crippen LogP contribution in [0.3, 0.4) is 0 Å². The highest BCUT2D eigenvalue weighted by Crippen LogP contribution is 2.16. The highest BCUT2D eigenvalue weighted by atomic mass is 32.2. The van der Waals surface area contributed by atoms with Gasteiger partial charge in [-0.1, -0.05) is 60.3 Å². The summed E-state index contributed by atoms with van der Waals surface area (Å²) in [6, 6.07) is 17.4. The van der Waals surface area contributed by atoms with E-state index < -0.39 is 0 Å². The predicted octanol–water partition coefficient (Wildman–Crippen LogP) is 2.91. The van der Waals surface area contributed by atoms with Gasteiger partial charge in [0.15, 0.2) is 0 Å². The molecule has 32 heavy (non-hydrogen) atoms. The number of methoxy groups -OCH3 is 1. The summed E-state index contributed by atoms with van der Waals surface area (Å²) in [5, 5.41) is 15.5. The number of hydrazone groups is 1. The van der Waals surface area contributed by atoms with Gasteiger partial charge >= 0.3 is 0 Å². The van der Waals surface area contributed by atoms with Crippen LogP contribution in [0.4, 0.5) is 5.95 Å². The standard InChI is InChI=1S/C22H25N7O2S/c1-16(8-9-17-6-4-3-5-7-17)25-26-21-27-28-22(29(21)23)32-15-20(30)24-14-18-10-12-19(31-2)13-11-18/h3-13H,14-15,23H2,1-2H3,(H,24,30)(H,26,27)/b9-8+,25-16+. The fraction of sp³-hybridized carbons (Fsp3) is 0.182. The SMILES string of the molecule is COc1ccc(CNC(=O)CSc2nnc(N/N=C(C)/C=C/c3ccccc3)n2N)cc1. The van der Waals surface area contributed by atoms with Crippen LogP contribution in [0.15, 0.2) is 70.9 Å². The van der Waals surface area contributed by atoms with Gasteiger partial charge in [0, 0.05) is 6.54 Å². The van der Waals surface area contributed by atoms with Crippen molar-refractivity contribution < 1.29 is 9.53 Å². The van der Waals surface area contributed by atoms with Crippen molar-refractivity contribution in [1.29, 1.82) is 0 Å². The van der Waals surface area contributed by atoms with E-state index in [1.54, 1.807) is 7.11 Å². The van der Waals surface area contributed by atoms with Crippen LogP contribution in [-0.4, -0.2) is 39.4 Å². The molecule has 4 N–H and O–H groups in total. The molecule has 3 aromatic rings. The van der Waals surface area contributed by atoms with Crippen molar-refractivity contribution in [3.05, 3.63) is 71.8 Å². The van der Waals surface area contributed by atoms with E-state index in [0.717, 1.165) is 22.6 Å². The zero-order valence-electron chi connectivity index (χ0n) is 17.9. The summed E-state index contributed by atoms with van der Waals surface area (Å²) in [7, 11) is 1.61. The highest BCUT2D eigenvalue weighted by molar-refractivity contribution is 7.99. The fourth-order valence-corrected chi connectivity index (χ4v) is 3.22. The first-order valence-corrected chi connectivity index (χ1v) is 10.8. The van der Waals surface area contributed by atoms with Gasteiger partial charge < -0.3 is 15.9 Å². The summed E-state index contributed by atoms with van der Waals surface area (Å²) < 4.78 is 6.39. The third-order valence-corrected chi connectivity index (χ3v) is 5.24. The first-order chi connectivity index (χ1) is 15.5. The Balaban J connectivity index is 1.46. The maximum absolute atomic E-state index is 12.1. The Kier molecular flexibility index (Phi) is 8.27. The molecular formula is C22H25N7O2S. The number of carbonyl (C=O) groups is 1. The minimum absolute atomic E-state index is 0.136. The van der Waals surface area contributed by atoms with Gasteiger partial charge in [0.05, 0.1) is 18.6 Å². The summed E-state index contributed by atoms with van der Waals surface area (Å²) in [5.74, 6) is 7.08. The van der Waals surface area contributed by atoms with Crippen molar-refractivity contribution >= 4 is 35.4 Å². The molecule has 0 aliphatic heterocycles. The zero-order valence-corrected chi connectivity index (χ0v) is 18.7. The Hall–Kier alpha value is -3.79. The molecule has 9 nitrogen and oxygen atoms in total. The van der Waals surface area contributed by atoms with Gasteiger partial charge in [-0.25, -0.2) is 10.1 Å². The number of carbonyl (C=O) groups excluding carboxylic acids is 1. The number of nitrogens with one attached hydrogen (secondary N) is 2. The second kappa shape index (κ2) is 11.6. The van der Waals surface area contributed by atoms with E-state index >= 15 is 0 Å². The van der Waals surface area contributed by atoms with Crippen molar-refractivity contribution in [2.75, 3.05) is 24.1 Å². The molecule has 1 heterocycles. The quantitative estimate of drug-likeness (QED) is 0.188. The smallest absolute Gasteiger partial charge is 0.264 e. The van der Waals surface area contributed by atoms with E-state index in [1.807, 2.05) is 73.7 Å². The number of benzene rings is 2. The normalized spacial score (nSPS) is 11.5. The zero-order chi connectivity index (χ0) is 22.8. The molecule has 0 unspecified atom stereocenters. The molecule has 1 aromatic heterocycles. The Labute approximate surface area is 190 Å². The minimum Gasteiger partial charge on any atom is -0.497 e. The van der Waals surface area contributed by atoms with Gasteiger partial charge in [-0.15, -0.1) is 10.2 Å². The van der Waals surface area contributed by atoms with Gasteiger partial charge in [-0.3, -0.25) is 4.79 Å². The summed E-state index contributed by atoms with van der Waals surface area (Å²) in [4.78, 5) is 12.1. The van der Waals surface area contributed by atoms with Crippen molar-refractivity contribution in [2.24, 2.45) is 5.10 Å². The molecule has 0 radical (unpaired) electrons. The van der Waals surface area contributed by atoms with E-state index in [4.69, 9.17) is 10.6 Å². The van der Waals surface area contributed by atoms with Crippen LogP contribution >= 0.6 is 11.8 Å². The van der Waals surface area contributed by atoms with Crippen molar-refractivity contribution in [1.82, 2.24) is 20.2 Å². The maximum Gasteiger partial charge on any atom is 0.264 e. The molecule has 0 aliphatic carbocycles. The third kappa shape index (κ3) is 6.88. The number of nitrogen functional groups attached to an aromatic ring is 1. The Morgan fingerprint density at radius 2 is 1.94 bits per heavy atom. The number of hydrogen-bond donors (Lipinski definition) is 3. The summed E-state index contributed by atoms with van der Waals surface area (Å²) in [5.41, 5.74) is 5.59. The monoisotopic (exact) mass is 451 g/mol. The van der Waals surface area contributed by atoms with Crippen molar-refractivity contribution in [3.8, 4) is 5.75 Å². The van der Waals surface area contributed by atoms with E-state index in [-0.39, 0.29) is 17.6 Å². The lowest BCUT2D eigenvalue weighted by molar-refractivity contribution is -0.118. The Morgan fingerprint density at radius 3 is 2.66 bits per heavy atom. The number of amides is 1. The summed E-state index contributed by atoms with van der Waals surface area (Å²) in [6.07, 6.45) is 3.84. The number of hydrogen-bond acceptors (Lipinski definition) is 8. The largest absolute Gasteiger partial charge is 0.497 e. The second-order valence-electron chi connectivity index (χ2n) is 6.70. The van der Waals surface area contributed by atoms with Crippen molar-refractivity contribution in [3.63, 3.8) is 0 Å². The first kappa shape index (κ1) is 22.9. The molecule has 2 aromatic carbocycles. The third-order valence-electron chi connectivity index (χ3n) is 4.29. The molecule has 0 spiro atoms. The number of thioether (sulfide) groups is 1. The van der Waals surface area contributed by atoms with E-state index in [2.05, 4.69) is 26.0 Å². The molecule has 166 valence electrons. The number of allylic oxidation sites excluding steroid dienone is 1. The average molecular weight is 452 g/mol. The number of aromatic nitrogens is 3. The van der Waals surface area contributed by atoms with Gasteiger partial charge in [0.25, 0.3) is 5.95 Å². The molecule has 3 rings (SSSR count). The molecule has 0 aliphatic rings. The lowest BCUT2D eigenvalue weighted by Gasteiger charge is -2.06. The topological polar surface area (TPSA) is 119 Å². The fourth-order valence-electron chi connectivity index (χ4n) is 2.53. The number of ether oxygens (including phenoxy) is 1. The first-order valence-electron chi connectivity index (χ1n) is 9.81. The van der Waals surface area contributed by atoms with E-state index in [9.17, 15) is 4.79 Å². The number of rotatable bonds is 10. The summed E-state index contributed by atoms with van der Waals surface area (Å²) >= 11 is 1.19. The lowest BCUT2D eigenvalue weighted by Crippen LogP contribution is -2.25. The van der Waals surface area contributed by atoms with Gasteiger partial charge in [0.1, 0.15) is 5.75 Å². The van der Waals surface area contributed by atoms with Gasteiger partial charge in [-0.05, 0) is 36.3 Å². The van der Waals surface area contributed by atoms with Crippen LogP contribution < -0.4 is 21.3 Å². The molecule has 0 atom stereocenters. The number of nitrogens with two attached hydrogens (primary N) is 1. The summed E-state index contributed by atoms with van der Waals surface area (Å²) in [6.45, 7) is 2.28. The van der Waals surface area contributed by atoms with E-state index in [0.29, 0.717) is 11.7 Å². The van der Waals surface area contributed by atoms with E-state index in [1.165, 1.54) is 16.4 Å². The highest BCUT2D eigenvalue weighted by Gasteiger charge is 2.12. The Morgan fingerprint density at radius 1 is 1.19 bits per heavy atom. The number of anilines is 1. The lowest BCUT2D eigenvalue weighted by atomic mass is 10.2. The molecule has 0 fully saturated rings. The van der Waals surface area contributed by atoms with Crippen molar-refractivity contribution in [2.45, 2.75) is 18.6 Å². The molecule has 10 heteroatoms. The maximum atomic E-state index is 12.1. The predicted molar refractivity (Wildman–Crippen MR) is 128 cm³/mol. The van der Waals surface area contributed by atoms with Crippen LogP contribution in [0, 0.1) is 0 Å². The molecule has 0 bridgehead atoms. The van der Waals surface area contributed by atoms with Gasteiger partial charge in [-0.2, -0.15) is 5.10 Å².